The monoisotopic (exact) mass is 298 g/mol. The highest BCUT2D eigenvalue weighted by atomic mass is 16.0. The molecule has 1 heteroatoms. The zero-order chi connectivity index (χ0) is 15.1. The average Bonchev–Trinajstić information content (AvgIpc) is 2.40. The van der Waals surface area contributed by atoms with Gasteiger partial charge in [0, 0.05) is 0 Å². The molecule has 2 fully saturated rings. The summed E-state index contributed by atoms with van der Waals surface area (Å²) in [6, 6.07) is 0. The van der Waals surface area contributed by atoms with E-state index < -0.39 is 0 Å². The van der Waals surface area contributed by atoms with Gasteiger partial charge in [0.15, 0.2) is 0 Å². The van der Waals surface area contributed by atoms with Gasteiger partial charge >= 0.3 is 0 Å². The van der Waals surface area contributed by atoms with E-state index in [1.165, 1.54) is 51.4 Å². The molecular formula is C20H42O. The van der Waals surface area contributed by atoms with Gasteiger partial charge in [-0.15, -0.1) is 0 Å². The third-order valence-electron chi connectivity index (χ3n) is 6.01. The average molecular weight is 299 g/mol. The second-order valence-electron chi connectivity index (χ2n) is 8.53. The SMILES string of the molecule is CC1CCC(C(C)C)CC1.CC1CCC(C(C)C)CC1.O. The predicted octanol–water partition coefficient (Wildman–Crippen LogP) is 6.11. The minimum Gasteiger partial charge on any atom is -0.412 e. The lowest BCUT2D eigenvalue weighted by Crippen LogP contribution is -2.16. The first-order chi connectivity index (χ1) is 9.40. The fourth-order valence-corrected chi connectivity index (χ4v) is 3.91. The van der Waals surface area contributed by atoms with Crippen LogP contribution in [0.4, 0.5) is 0 Å². The predicted molar refractivity (Wildman–Crippen MR) is 95.5 cm³/mol. The molecule has 0 aromatic carbocycles. The molecule has 0 saturated heterocycles. The van der Waals surface area contributed by atoms with Crippen molar-refractivity contribution in [1.82, 2.24) is 0 Å². The smallest absolute Gasteiger partial charge is 0.0391 e. The normalized spacial score (nSPS) is 33.1. The Balaban J connectivity index is 0.000000364. The molecule has 0 bridgehead atoms. The molecular weight excluding hydrogens is 256 g/mol. The molecule has 0 aromatic rings. The summed E-state index contributed by atoms with van der Waals surface area (Å²) >= 11 is 0. The zero-order valence-corrected chi connectivity index (χ0v) is 15.6. The lowest BCUT2D eigenvalue weighted by Gasteiger charge is -2.28. The summed E-state index contributed by atoms with van der Waals surface area (Å²) < 4.78 is 0. The van der Waals surface area contributed by atoms with E-state index >= 15 is 0 Å². The van der Waals surface area contributed by atoms with Crippen LogP contribution in [-0.2, 0) is 0 Å². The van der Waals surface area contributed by atoms with E-state index in [4.69, 9.17) is 0 Å². The van der Waals surface area contributed by atoms with Crippen molar-refractivity contribution in [2.75, 3.05) is 0 Å². The second-order valence-corrected chi connectivity index (χ2v) is 8.53. The van der Waals surface area contributed by atoms with E-state index in [1.807, 2.05) is 0 Å². The Bertz CT molecular complexity index is 204. The highest BCUT2D eigenvalue weighted by molar-refractivity contribution is 4.72. The molecule has 0 aliphatic heterocycles. The summed E-state index contributed by atoms with van der Waals surface area (Å²) in [5.41, 5.74) is 0. The van der Waals surface area contributed by atoms with Gasteiger partial charge in [-0.25, -0.2) is 0 Å². The van der Waals surface area contributed by atoms with Crippen molar-refractivity contribution >= 4 is 0 Å². The fourth-order valence-electron chi connectivity index (χ4n) is 3.91. The summed E-state index contributed by atoms with van der Waals surface area (Å²) in [7, 11) is 0. The first-order valence-electron chi connectivity index (χ1n) is 9.40. The molecule has 128 valence electrons. The highest BCUT2D eigenvalue weighted by Gasteiger charge is 2.20. The van der Waals surface area contributed by atoms with Gasteiger partial charge in [0.25, 0.3) is 0 Å². The van der Waals surface area contributed by atoms with Crippen molar-refractivity contribution in [3.63, 3.8) is 0 Å². The molecule has 0 spiro atoms. The van der Waals surface area contributed by atoms with Crippen LogP contribution in [-0.4, -0.2) is 5.48 Å². The second kappa shape index (κ2) is 10.6. The maximum Gasteiger partial charge on any atom is -0.0391 e. The molecule has 2 N–H and O–H groups in total. The first kappa shape index (κ1) is 21.0. The fraction of sp³-hybridized carbons (Fsp3) is 1.00. The third kappa shape index (κ3) is 8.24. The number of hydrogen-bond donors (Lipinski definition) is 0. The molecule has 2 aliphatic carbocycles. The van der Waals surface area contributed by atoms with Gasteiger partial charge in [0.2, 0.25) is 0 Å². The van der Waals surface area contributed by atoms with Gasteiger partial charge in [-0.2, -0.15) is 0 Å². The van der Waals surface area contributed by atoms with Gasteiger partial charge in [0.1, 0.15) is 0 Å². The van der Waals surface area contributed by atoms with Crippen molar-refractivity contribution < 1.29 is 5.48 Å². The topological polar surface area (TPSA) is 31.5 Å². The van der Waals surface area contributed by atoms with Crippen LogP contribution in [0.15, 0.2) is 0 Å². The van der Waals surface area contributed by atoms with Crippen molar-refractivity contribution in [1.29, 1.82) is 0 Å². The summed E-state index contributed by atoms with van der Waals surface area (Å²) in [5.74, 6) is 5.94. The zero-order valence-electron chi connectivity index (χ0n) is 15.6. The summed E-state index contributed by atoms with van der Waals surface area (Å²) in [5, 5.41) is 0. The molecule has 2 aliphatic rings. The molecule has 0 atom stereocenters. The quantitative estimate of drug-likeness (QED) is 0.589. The van der Waals surface area contributed by atoms with E-state index in [0.29, 0.717) is 0 Å². The van der Waals surface area contributed by atoms with E-state index in [9.17, 15) is 0 Å². The minimum absolute atomic E-state index is 0. The van der Waals surface area contributed by atoms with E-state index in [2.05, 4.69) is 41.5 Å². The molecule has 0 aromatic heterocycles. The maximum atomic E-state index is 2.39. The van der Waals surface area contributed by atoms with Gasteiger partial charge in [-0.1, -0.05) is 67.2 Å². The van der Waals surface area contributed by atoms with Gasteiger partial charge in [0.05, 0.1) is 0 Å². The van der Waals surface area contributed by atoms with Crippen LogP contribution in [0.2, 0.25) is 0 Å². The number of hydrogen-bond acceptors (Lipinski definition) is 0. The van der Waals surface area contributed by atoms with Crippen molar-refractivity contribution in [3.8, 4) is 0 Å². The Morgan fingerprint density at radius 1 is 0.524 bits per heavy atom. The van der Waals surface area contributed by atoms with Crippen LogP contribution in [0, 0.1) is 35.5 Å². The van der Waals surface area contributed by atoms with Crippen LogP contribution >= 0.6 is 0 Å². The van der Waals surface area contributed by atoms with Gasteiger partial charge < -0.3 is 5.48 Å². The van der Waals surface area contributed by atoms with Crippen molar-refractivity contribution in [2.45, 2.75) is 92.9 Å². The Kier molecular flexibility index (Phi) is 10.6. The van der Waals surface area contributed by atoms with E-state index in [-0.39, 0.29) is 5.48 Å². The van der Waals surface area contributed by atoms with Crippen molar-refractivity contribution in [3.05, 3.63) is 0 Å². The van der Waals surface area contributed by atoms with Gasteiger partial charge in [-0.3, -0.25) is 0 Å². The molecule has 2 rings (SSSR count). The molecule has 0 radical (unpaired) electrons. The van der Waals surface area contributed by atoms with E-state index in [1.54, 1.807) is 0 Å². The summed E-state index contributed by atoms with van der Waals surface area (Å²) in [6.45, 7) is 14.2. The lowest BCUT2D eigenvalue weighted by atomic mass is 9.78. The molecule has 0 heterocycles. The molecule has 21 heavy (non-hydrogen) atoms. The summed E-state index contributed by atoms with van der Waals surface area (Å²) in [6.07, 6.45) is 11.8. The molecule has 0 amide bonds. The van der Waals surface area contributed by atoms with Gasteiger partial charge in [-0.05, 0) is 61.2 Å². The Hall–Kier alpha value is -0.0400. The third-order valence-corrected chi connectivity index (χ3v) is 6.01. The summed E-state index contributed by atoms with van der Waals surface area (Å²) in [4.78, 5) is 0. The van der Waals surface area contributed by atoms with Crippen LogP contribution in [0.25, 0.3) is 0 Å². The van der Waals surface area contributed by atoms with Crippen LogP contribution in [0.5, 0.6) is 0 Å². The van der Waals surface area contributed by atoms with E-state index in [0.717, 1.165) is 35.5 Å². The van der Waals surface area contributed by atoms with Crippen LogP contribution in [0.1, 0.15) is 92.9 Å². The molecule has 2 saturated carbocycles. The molecule has 1 nitrogen and oxygen atoms in total. The van der Waals surface area contributed by atoms with Crippen LogP contribution < -0.4 is 0 Å². The lowest BCUT2D eigenvalue weighted by molar-refractivity contribution is 0.234. The largest absolute Gasteiger partial charge is 0.412 e. The minimum atomic E-state index is 0. The standard InChI is InChI=1S/2C10H20.H2O/c2*1-8(2)10-6-4-9(3)5-7-10;/h2*8-10H,4-7H2,1-3H3;1H2. The first-order valence-corrected chi connectivity index (χ1v) is 9.40. The number of rotatable bonds is 2. The molecule has 0 unspecified atom stereocenters. The maximum absolute atomic E-state index is 2.39. The van der Waals surface area contributed by atoms with Crippen LogP contribution in [0.3, 0.4) is 0 Å². The Morgan fingerprint density at radius 2 is 0.762 bits per heavy atom. The Labute approximate surface area is 134 Å². The van der Waals surface area contributed by atoms with Crippen molar-refractivity contribution in [2.24, 2.45) is 35.5 Å². The Morgan fingerprint density at radius 3 is 0.952 bits per heavy atom. The highest BCUT2D eigenvalue weighted by Crippen LogP contribution is 2.33.